The van der Waals surface area contributed by atoms with E-state index in [1.807, 2.05) is 0 Å². The van der Waals surface area contributed by atoms with E-state index in [0.717, 1.165) is 4.47 Å². The molecule has 0 radical (unpaired) electrons. The molecule has 1 amide bonds. The van der Waals surface area contributed by atoms with Gasteiger partial charge in [0.1, 0.15) is 0 Å². The molecule has 0 aliphatic heterocycles. The topological polar surface area (TPSA) is 29.1 Å². The molecule has 1 rings (SSSR count). The molecule has 1 aromatic carbocycles. The number of hydrogen-bond acceptors (Lipinski definition) is 1. The van der Waals surface area contributed by atoms with E-state index in [9.17, 15) is 4.79 Å². The van der Waals surface area contributed by atoms with Gasteiger partial charge < -0.3 is 5.32 Å². The van der Waals surface area contributed by atoms with Gasteiger partial charge in [0.15, 0.2) is 0 Å². The number of anilines is 1. The number of amides is 1. The van der Waals surface area contributed by atoms with E-state index in [1.54, 1.807) is 18.2 Å². The molecule has 0 unspecified atom stereocenters. The zero-order valence-corrected chi connectivity index (χ0v) is 10.7. The minimum Gasteiger partial charge on any atom is -0.315 e. The van der Waals surface area contributed by atoms with Crippen molar-refractivity contribution in [2.75, 3.05) is 5.32 Å². The number of hydrogen-bond donors (Lipinski definition) is 1. The second-order valence-corrected chi connectivity index (χ2v) is 4.08. The van der Waals surface area contributed by atoms with Crippen molar-refractivity contribution in [1.29, 1.82) is 0 Å². The molecule has 5 heteroatoms. The van der Waals surface area contributed by atoms with Gasteiger partial charge in [0.2, 0.25) is 0 Å². The Balaban J connectivity index is 2.85. The fourth-order valence-electron chi connectivity index (χ4n) is 0.831. The maximum Gasteiger partial charge on any atom is 0.301 e. The van der Waals surface area contributed by atoms with Crippen molar-refractivity contribution in [2.24, 2.45) is 0 Å². The van der Waals surface area contributed by atoms with Crippen LogP contribution in [-0.2, 0) is 4.79 Å². The summed E-state index contributed by atoms with van der Waals surface area (Å²) < 4.78 is 0.798. The SMILES string of the molecule is O=C(C#CBr)Nc1cc(Cl)cc(Br)c1. The highest BCUT2D eigenvalue weighted by molar-refractivity contribution is 9.12. The Labute approximate surface area is 103 Å². The van der Waals surface area contributed by atoms with Gasteiger partial charge in [0.25, 0.3) is 0 Å². The van der Waals surface area contributed by atoms with Crippen LogP contribution in [0.15, 0.2) is 22.7 Å². The van der Waals surface area contributed by atoms with E-state index < -0.39 is 5.91 Å². The molecule has 0 fully saturated rings. The average molecular weight is 337 g/mol. The number of benzene rings is 1. The standard InChI is InChI=1S/C9H4Br2ClNO/c10-2-1-9(14)13-8-4-6(11)3-7(12)5-8/h3-5H,(H,13,14). The zero-order chi connectivity index (χ0) is 10.6. The van der Waals surface area contributed by atoms with Crippen molar-refractivity contribution in [2.45, 2.75) is 0 Å². The van der Waals surface area contributed by atoms with E-state index in [1.165, 1.54) is 0 Å². The maximum absolute atomic E-state index is 11.1. The molecule has 72 valence electrons. The molecular weight excluding hydrogens is 333 g/mol. The van der Waals surface area contributed by atoms with Crippen molar-refractivity contribution in [1.82, 2.24) is 0 Å². The van der Waals surface area contributed by atoms with E-state index in [0.29, 0.717) is 10.7 Å². The molecule has 0 saturated carbocycles. The van der Waals surface area contributed by atoms with Crippen LogP contribution in [0.2, 0.25) is 5.02 Å². The van der Waals surface area contributed by atoms with Crippen molar-refractivity contribution >= 4 is 55.1 Å². The van der Waals surface area contributed by atoms with E-state index >= 15 is 0 Å². The smallest absolute Gasteiger partial charge is 0.301 e. The number of nitrogens with one attached hydrogen (secondary N) is 1. The van der Waals surface area contributed by atoms with Crippen LogP contribution >= 0.6 is 43.5 Å². The Bertz CT molecular complexity index is 402. The highest BCUT2D eigenvalue weighted by Crippen LogP contribution is 2.22. The largest absolute Gasteiger partial charge is 0.315 e. The van der Waals surface area contributed by atoms with Gasteiger partial charge in [-0.15, -0.1) is 0 Å². The average Bonchev–Trinajstić information content (AvgIpc) is 2.01. The minimum atomic E-state index is -0.393. The van der Waals surface area contributed by atoms with E-state index in [2.05, 4.69) is 47.9 Å². The fourth-order valence-corrected chi connectivity index (χ4v) is 1.87. The second-order valence-electron chi connectivity index (χ2n) is 2.33. The molecule has 1 aromatic rings. The van der Waals surface area contributed by atoms with Crippen LogP contribution in [0, 0.1) is 10.8 Å². The molecule has 0 spiro atoms. The first-order valence-electron chi connectivity index (χ1n) is 3.50. The molecule has 0 bridgehead atoms. The Morgan fingerprint density at radius 2 is 2.14 bits per heavy atom. The second kappa shape index (κ2) is 5.40. The lowest BCUT2D eigenvalue weighted by molar-refractivity contribution is -0.111. The highest BCUT2D eigenvalue weighted by Gasteiger charge is 2.00. The predicted molar refractivity (Wildman–Crippen MR) is 64.5 cm³/mol. The van der Waals surface area contributed by atoms with Gasteiger partial charge in [-0.1, -0.05) is 27.5 Å². The lowest BCUT2D eigenvalue weighted by Gasteiger charge is -2.02. The molecule has 14 heavy (non-hydrogen) atoms. The van der Waals surface area contributed by atoms with Crippen LogP contribution in [0.1, 0.15) is 0 Å². The molecule has 0 atom stereocenters. The van der Waals surface area contributed by atoms with Gasteiger partial charge in [0, 0.05) is 37.0 Å². The van der Waals surface area contributed by atoms with Crippen molar-refractivity contribution < 1.29 is 4.79 Å². The Morgan fingerprint density at radius 1 is 1.43 bits per heavy atom. The van der Waals surface area contributed by atoms with E-state index in [-0.39, 0.29) is 0 Å². The first kappa shape index (κ1) is 11.6. The van der Waals surface area contributed by atoms with E-state index in [4.69, 9.17) is 11.6 Å². The Hall–Kier alpha value is -0.500. The monoisotopic (exact) mass is 335 g/mol. The first-order chi connectivity index (χ1) is 6.61. The van der Waals surface area contributed by atoms with Crippen LogP contribution in [0.4, 0.5) is 5.69 Å². The van der Waals surface area contributed by atoms with Gasteiger partial charge in [-0.2, -0.15) is 0 Å². The van der Waals surface area contributed by atoms with Crippen LogP contribution < -0.4 is 5.32 Å². The summed E-state index contributed by atoms with van der Waals surface area (Å²) in [5.41, 5.74) is 0.602. The van der Waals surface area contributed by atoms with Gasteiger partial charge >= 0.3 is 5.91 Å². The molecule has 0 aliphatic rings. The van der Waals surface area contributed by atoms with Crippen LogP contribution in [0.25, 0.3) is 0 Å². The lowest BCUT2D eigenvalue weighted by atomic mass is 10.3. The normalized spacial score (nSPS) is 8.79. The summed E-state index contributed by atoms with van der Waals surface area (Å²) in [4.78, 5) is 13.4. The third kappa shape index (κ3) is 3.70. The number of rotatable bonds is 1. The van der Waals surface area contributed by atoms with Crippen molar-refractivity contribution in [3.05, 3.63) is 27.7 Å². The lowest BCUT2D eigenvalue weighted by Crippen LogP contribution is -2.07. The molecule has 0 heterocycles. The Morgan fingerprint density at radius 3 is 2.71 bits per heavy atom. The van der Waals surface area contributed by atoms with Gasteiger partial charge in [-0.25, -0.2) is 0 Å². The summed E-state index contributed by atoms with van der Waals surface area (Å²) in [6, 6.07) is 5.10. The van der Waals surface area contributed by atoms with Crippen molar-refractivity contribution in [3.8, 4) is 10.8 Å². The number of carbonyl (C=O) groups is 1. The van der Waals surface area contributed by atoms with Crippen LogP contribution in [-0.4, -0.2) is 5.91 Å². The third-order valence-electron chi connectivity index (χ3n) is 1.28. The summed E-state index contributed by atoms with van der Waals surface area (Å²) in [6.07, 6.45) is 0. The molecule has 0 aliphatic carbocycles. The van der Waals surface area contributed by atoms with Crippen molar-refractivity contribution in [3.63, 3.8) is 0 Å². The van der Waals surface area contributed by atoms with Gasteiger partial charge in [-0.05, 0) is 23.0 Å². The Kier molecular flexibility index (Phi) is 4.46. The van der Waals surface area contributed by atoms with Crippen LogP contribution in [0.5, 0.6) is 0 Å². The van der Waals surface area contributed by atoms with Crippen LogP contribution in [0.3, 0.4) is 0 Å². The first-order valence-corrected chi connectivity index (χ1v) is 5.47. The summed E-state index contributed by atoms with van der Waals surface area (Å²) in [7, 11) is 0. The third-order valence-corrected chi connectivity index (χ3v) is 2.16. The summed E-state index contributed by atoms with van der Waals surface area (Å²) in [6.45, 7) is 0. The molecule has 0 saturated heterocycles. The minimum absolute atomic E-state index is 0.393. The van der Waals surface area contributed by atoms with Gasteiger partial charge in [-0.3, -0.25) is 4.79 Å². The molecule has 0 aromatic heterocycles. The molecule has 2 nitrogen and oxygen atoms in total. The summed E-state index contributed by atoms with van der Waals surface area (Å²) in [5.74, 6) is 1.90. The maximum atomic E-state index is 11.1. The van der Waals surface area contributed by atoms with Gasteiger partial charge in [0.05, 0.1) is 0 Å². The fraction of sp³-hybridized carbons (Fsp3) is 0. The number of halogens is 3. The quantitative estimate of drug-likeness (QED) is 0.782. The predicted octanol–water partition coefficient (Wildman–Crippen LogP) is 3.40. The summed E-state index contributed by atoms with van der Waals surface area (Å²) in [5, 5.41) is 3.11. The molecular formula is C9H4Br2ClNO. The zero-order valence-electron chi connectivity index (χ0n) is 6.77. The molecule has 1 N–H and O–H groups in total. The number of carbonyl (C=O) groups excluding carboxylic acids is 1. The highest BCUT2D eigenvalue weighted by atomic mass is 79.9. The summed E-state index contributed by atoms with van der Waals surface area (Å²) >= 11 is 11.9.